The van der Waals surface area contributed by atoms with Crippen molar-refractivity contribution in [2.24, 2.45) is 0 Å². The Hall–Kier alpha value is -1.60. The SMILES string of the molecule is CC(C)NS(=O)(=O)c1ccc(NC(=O)Cc2ccc(Cl)c(Cl)c2)cc1. The second kappa shape index (κ2) is 8.19. The first-order valence-corrected chi connectivity index (χ1v) is 9.77. The van der Waals surface area contributed by atoms with E-state index in [4.69, 9.17) is 23.2 Å². The van der Waals surface area contributed by atoms with Crippen LogP contribution < -0.4 is 10.0 Å². The van der Waals surface area contributed by atoms with Crippen LogP contribution >= 0.6 is 23.2 Å². The summed E-state index contributed by atoms with van der Waals surface area (Å²) >= 11 is 11.8. The van der Waals surface area contributed by atoms with Crippen LogP contribution in [0.5, 0.6) is 0 Å². The van der Waals surface area contributed by atoms with Gasteiger partial charge in [-0.05, 0) is 55.8 Å². The number of nitrogens with one attached hydrogen (secondary N) is 2. The van der Waals surface area contributed by atoms with E-state index in [2.05, 4.69) is 10.0 Å². The molecular weight excluding hydrogens is 383 g/mol. The van der Waals surface area contributed by atoms with Crippen molar-refractivity contribution in [3.8, 4) is 0 Å². The smallest absolute Gasteiger partial charge is 0.240 e. The molecule has 0 radical (unpaired) electrons. The minimum atomic E-state index is -3.55. The molecule has 8 heteroatoms. The number of amides is 1. The van der Waals surface area contributed by atoms with Gasteiger partial charge in [0.15, 0.2) is 0 Å². The Morgan fingerprint density at radius 2 is 1.68 bits per heavy atom. The summed E-state index contributed by atoms with van der Waals surface area (Å²) in [6.45, 7) is 3.49. The lowest BCUT2D eigenvalue weighted by molar-refractivity contribution is -0.115. The molecule has 0 aliphatic rings. The summed E-state index contributed by atoms with van der Waals surface area (Å²) in [5.74, 6) is -0.241. The molecule has 2 aromatic rings. The van der Waals surface area contributed by atoms with E-state index in [1.54, 1.807) is 44.2 Å². The molecule has 0 aliphatic heterocycles. The number of benzene rings is 2. The summed E-state index contributed by atoms with van der Waals surface area (Å²) in [4.78, 5) is 12.2. The molecule has 2 rings (SSSR count). The topological polar surface area (TPSA) is 75.3 Å². The molecule has 25 heavy (non-hydrogen) atoms. The van der Waals surface area contributed by atoms with Crippen molar-refractivity contribution < 1.29 is 13.2 Å². The summed E-state index contributed by atoms with van der Waals surface area (Å²) < 4.78 is 26.6. The van der Waals surface area contributed by atoms with Gasteiger partial charge < -0.3 is 5.32 Å². The van der Waals surface area contributed by atoms with Crippen LogP contribution in [0.15, 0.2) is 47.4 Å². The fraction of sp³-hybridized carbons (Fsp3) is 0.235. The molecule has 5 nitrogen and oxygen atoms in total. The molecule has 2 N–H and O–H groups in total. The Morgan fingerprint density at radius 3 is 2.24 bits per heavy atom. The average molecular weight is 401 g/mol. The van der Waals surface area contributed by atoms with Crippen LogP contribution in [0, 0.1) is 0 Å². The fourth-order valence-electron chi connectivity index (χ4n) is 2.14. The highest BCUT2D eigenvalue weighted by Gasteiger charge is 2.15. The van der Waals surface area contributed by atoms with Crippen LogP contribution in [0.4, 0.5) is 5.69 Å². The normalized spacial score (nSPS) is 11.6. The maximum atomic E-state index is 12.1. The Kier molecular flexibility index (Phi) is 6.46. The van der Waals surface area contributed by atoms with Gasteiger partial charge in [-0.2, -0.15) is 0 Å². The van der Waals surface area contributed by atoms with Crippen LogP contribution in [0.2, 0.25) is 10.0 Å². The predicted octanol–water partition coefficient (Wildman–Crippen LogP) is 3.86. The minimum absolute atomic E-state index is 0.131. The van der Waals surface area contributed by atoms with Gasteiger partial charge in [0.2, 0.25) is 15.9 Å². The molecule has 0 heterocycles. The quantitative estimate of drug-likeness (QED) is 0.772. The summed E-state index contributed by atoms with van der Waals surface area (Å²) in [7, 11) is -3.55. The second-order valence-electron chi connectivity index (χ2n) is 5.77. The third-order valence-electron chi connectivity index (χ3n) is 3.19. The van der Waals surface area contributed by atoms with Crippen LogP contribution in [0.25, 0.3) is 0 Å². The zero-order chi connectivity index (χ0) is 18.6. The van der Waals surface area contributed by atoms with E-state index in [0.29, 0.717) is 15.7 Å². The standard InChI is InChI=1S/C17H18Cl2N2O3S/c1-11(2)21-25(23,24)14-6-4-13(5-7-14)20-17(22)10-12-3-8-15(18)16(19)9-12/h3-9,11,21H,10H2,1-2H3,(H,20,22). The Labute approximate surface area is 157 Å². The van der Waals surface area contributed by atoms with Gasteiger partial charge in [-0.3, -0.25) is 4.79 Å². The first-order chi connectivity index (χ1) is 11.7. The van der Waals surface area contributed by atoms with Gasteiger partial charge in [-0.1, -0.05) is 29.3 Å². The van der Waals surface area contributed by atoms with E-state index in [-0.39, 0.29) is 23.3 Å². The van der Waals surface area contributed by atoms with Crippen LogP contribution in [-0.2, 0) is 21.2 Å². The van der Waals surface area contributed by atoms with Gasteiger partial charge in [0.1, 0.15) is 0 Å². The molecular formula is C17H18Cl2N2O3S. The third-order valence-corrected chi connectivity index (χ3v) is 5.60. The van der Waals surface area contributed by atoms with E-state index < -0.39 is 10.0 Å². The van der Waals surface area contributed by atoms with Gasteiger partial charge in [-0.25, -0.2) is 13.1 Å². The maximum absolute atomic E-state index is 12.1. The van der Waals surface area contributed by atoms with Crippen molar-refractivity contribution in [2.45, 2.75) is 31.2 Å². The number of carbonyl (C=O) groups excluding carboxylic acids is 1. The van der Waals surface area contributed by atoms with Crippen molar-refractivity contribution in [2.75, 3.05) is 5.32 Å². The number of rotatable bonds is 6. The highest BCUT2D eigenvalue weighted by Crippen LogP contribution is 2.23. The zero-order valence-electron chi connectivity index (χ0n) is 13.7. The van der Waals surface area contributed by atoms with Gasteiger partial charge >= 0.3 is 0 Å². The highest BCUT2D eigenvalue weighted by atomic mass is 35.5. The lowest BCUT2D eigenvalue weighted by Crippen LogP contribution is -2.30. The lowest BCUT2D eigenvalue weighted by Gasteiger charge is -2.10. The molecule has 0 saturated carbocycles. The second-order valence-corrected chi connectivity index (χ2v) is 8.30. The molecule has 0 spiro atoms. The monoisotopic (exact) mass is 400 g/mol. The molecule has 2 aromatic carbocycles. The molecule has 0 fully saturated rings. The lowest BCUT2D eigenvalue weighted by atomic mass is 10.1. The average Bonchev–Trinajstić information content (AvgIpc) is 2.50. The fourth-order valence-corrected chi connectivity index (χ4v) is 3.71. The minimum Gasteiger partial charge on any atom is -0.326 e. The summed E-state index contributed by atoms with van der Waals surface area (Å²) in [6.07, 6.45) is 0.131. The number of hydrogen-bond donors (Lipinski definition) is 2. The van der Waals surface area contributed by atoms with Crippen molar-refractivity contribution in [1.82, 2.24) is 4.72 Å². The molecule has 1 amide bonds. The van der Waals surface area contributed by atoms with Gasteiger partial charge in [0, 0.05) is 11.7 Å². The van der Waals surface area contributed by atoms with Gasteiger partial charge in [-0.15, -0.1) is 0 Å². The van der Waals surface area contributed by atoms with Crippen LogP contribution in [0.1, 0.15) is 19.4 Å². The Balaban J connectivity index is 2.03. The van der Waals surface area contributed by atoms with E-state index in [1.807, 2.05) is 0 Å². The summed E-state index contributed by atoms with van der Waals surface area (Å²) in [5.41, 5.74) is 1.24. The Morgan fingerprint density at radius 1 is 1.04 bits per heavy atom. The molecule has 134 valence electrons. The van der Waals surface area contributed by atoms with E-state index in [1.165, 1.54) is 12.1 Å². The van der Waals surface area contributed by atoms with Crippen molar-refractivity contribution in [1.29, 1.82) is 0 Å². The number of anilines is 1. The molecule has 0 unspecified atom stereocenters. The predicted molar refractivity (Wildman–Crippen MR) is 101 cm³/mol. The summed E-state index contributed by atoms with van der Waals surface area (Å²) in [5, 5.41) is 3.53. The van der Waals surface area contributed by atoms with Gasteiger partial charge in [0.05, 0.1) is 21.4 Å². The van der Waals surface area contributed by atoms with Gasteiger partial charge in [0.25, 0.3) is 0 Å². The third kappa shape index (κ3) is 5.71. The van der Waals surface area contributed by atoms with E-state index in [9.17, 15) is 13.2 Å². The number of carbonyl (C=O) groups is 1. The number of sulfonamides is 1. The molecule has 0 saturated heterocycles. The largest absolute Gasteiger partial charge is 0.326 e. The van der Waals surface area contributed by atoms with Crippen molar-refractivity contribution in [3.05, 3.63) is 58.1 Å². The van der Waals surface area contributed by atoms with Crippen LogP contribution in [-0.4, -0.2) is 20.4 Å². The summed E-state index contributed by atoms with van der Waals surface area (Å²) in [6, 6.07) is 10.8. The first kappa shape index (κ1) is 19.7. The highest BCUT2D eigenvalue weighted by molar-refractivity contribution is 7.89. The number of hydrogen-bond acceptors (Lipinski definition) is 3. The van der Waals surface area contributed by atoms with E-state index >= 15 is 0 Å². The first-order valence-electron chi connectivity index (χ1n) is 7.53. The van der Waals surface area contributed by atoms with Crippen molar-refractivity contribution >= 4 is 44.8 Å². The number of halogens is 2. The molecule has 0 aliphatic carbocycles. The van der Waals surface area contributed by atoms with Crippen molar-refractivity contribution in [3.63, 3.8) is 0 Å². The van der Waals surface area contributed by atoms with Crippen LogP contribution in [0.3, 0.4) is 0 Å². The molecule has 0 aromatic heterocycles. The molecule has 0 bridgehead atoms. The molecule has 0 atom stereocenters. The zero-order valence-corrected chi connectivity index (χ0v) is 16.0. The Bertz CT molecular complexity index is 866. The van der Waals surface area contributed by atoms with E-state index in [0.717, 1.165) is 5.56 Å². The maximum Gasteiger partial charge on any atom is 0.240 e.